The molecule has 2 rings (SSSR count). The topological polar surface area (TPSA) is 78.9 Å². The minimum atomic E-state index is -0.949. The van der Waals surface area contributed by atoms with Gasteiger partial charge in [0.15, 0.2) is 0 Å². The maximum Gasteiger partial charge on any atom is 0.411 e. The molecule has 3 atom stereocenters. The number of carbonyl (C=O) groups excluding carboxylic acids is 1. The van der Waals surface area contributed by atoms with Crippen LogP contribution in [0.5, 0.6) is 0 Å². The van der Waals surface area contributed by atoms with E-state index in [0.29, 0.717) is 13.0 Å². The molecule has 2 aliphatic heterocycles. The van der Waals surface area contributed by atoms with Crippen LogP contribution >= 0.6 is 0 Å². The number of hydrogen-bond acceptors (Lipinski definition) is 4. The first kappa shape index (κ1) is 13.1. The third kappa shape index (κ3) is 2.43. The van der Waals surface area contributed by atoms with E-state index in [-0.39, 0.29) is 12.0 Å². The number of carboxylic acids is 1. The molecule has 0 aliphatic carbocycles. The Bertz CT molecular complexity index is 364. The van der Waals surface area contributed by atoms with Crippen molar-refractivity contribution in [3.8, 4) is 0 Å². The standard InChI is InChI=1S/C12H20N2O4/c1-12(2,3)18-11(17)14-8(10(15)16)4-7-5-13-6-9(7)14/h7-9,13H,4-6H2,1-3H3,(H,15,16)/t7-,8-,9+/m0/s1. The Kier molecular flexibility index (Phi) is 3.23. The molecular weight excluding hydrogens is 236 g/mol. The average Bonchev–Trinajstić information content (AvgIpc) is 2.70. The maximum atomic E-state index is 12.1. The van der Waals surface area contributed by atoms with Crippen LogP contribution in [-0.2, 0) is 9.53 Å². The molecule has 0 saturated carbocycles. The van der Waals surface area contributed by atoms with E-state index in [1.807, 2.05) is 0 Å². The van der Waals surface area contributed by atoms with Gasteiger partial charge in [-0.1, -0.05) is 0 Å². The van der Waals surface area contributed by atoms with Gasteiger partial charge in [-0.15, -0.1) is 0 Å². The van der Waals surface area contributed by atoms with Crippen LogP contribution in [0.4, 0.5) is 4.79 Å². The van der Waals surface area contributed by atoms with Crippen LogP contribution in [0.3, 0.4) is 0 Å². The fraction of sp³-hybridized carbons (Fsp3) is 0.833. The molecular formula is C12H20N2O4. The van der Waals surface area contributed by atoms with Gasteiger partial charge in [0.2, 0.25) is 0 Å². The molecule has 2 saturated heterocycles. The van der Waals surface area contributed by atoms with Gasteiger partial charge in [0.05, 0.1) is 6.04 Å². The molecule has 102 valence electrons. The van der Waals surface area contributed by atoms with Crippen molar-refractivity contribution in [3.05, 3.63) is 0 Å². The number of nitrogens with zero attached hydrogens (tertiary/aromatic N) is 1. The van der Waals surface area contributed by atoms with Crippen LogP contribution in [0, 0.1) is 5.92 Å². The Morgan fingerprint density at radius 1 is 1.33 bits per heavy atom. The number of carboxylic acid groups (broad SMARTS) is 1. The Labute approximate surface area is 106 Å². The molecule has 6 heteroatoms. The molecule has 0 aromatic carbocycles. The molecule has 1 amide bonds. The number of nitrogens with one attached hydrogen (secondary N) is 1. The largest absolute Gasteiger partial charge is 0.480 e. The Morgan fingerprint density at radius 2 is 2.00 bits per heavy atom. The zero-order valence-electron chi connectivity index (χ0n) is 11.0. The summed E-state index contributed by atoms with van der Waals surface area (Å²) >= 11 is 0. The quantitative estimate of drug-likeness (QED) is 0.721. The van der Waals surface area contributed by atoms with Crippen molar-refractivity contribution < 1.29 is 19.4 Å². The third-order valence-electron chi connectivity index (χ3n) is 3.41. The van der Waals surface area contributed by atoms with E-state index in [0.717, 1.165) is 6.54 Å². The second-order valence-corrected chi connectivity index (χ2v) is 5.96. The fourth-order valence-electron chi connectivity index (χ4n) is 2.71. The van der Waals surface area contributed by atoms with Gasteiger partial charge in [-0.25, -0.2) is 9.59 Å². The number of hydrogen-bond donors (Lipinski definition) is 2. The summed E-state index contributed by atoms with van der Waals surface area (Å²) in [5, 5.41) is 12.4. The molecule has 0 spiro atoms. The lowest BCUT2D eigenvalue weighted by Gasteiger charge is -2.30. The molecule has 0 aromatic heterocycles. The number of carbonyl (C=O) groups is 2. The van der Waals surface area contributed by atoms with Crippen molar-refractivity contribution in [1.29, 1.82) is 0 Å². The van der Waals surface area contributed by atoms with Crippen molar-refractivity contribution in [3.63, 3.8) is 0 Å². The molecule has 0 radical (unpaired) electrons. The first-order valence-electron chi connectivity index (χ1n) is 6.24. The van der Waals surface area contributed by atoms with Crippen LogP contribution < -0.4 is 5.32 Å². The predicted octanol–water partition coefficient (Wildman–Crippen LogP) is 0.668. The number of rotatable bonds is 1. The zero-order valence-corrected chi connectivity index (χ0v) is 11.0. The number of aliphatic carboxylic acids is 1. The van der Waals surface area contributed by atoms with Gasteiger partial charge in [-0.3, -0.25) is 4.90 Å². The minimum absolute atomic E-state index is 0.0547. The Morgan fingerprint density at radius 3 is 2.56 bits per heavy atom. The molecule has 2 fully saturated rings. The molecule has 0 aromatic rings. The summed E-state index contributed by atoms with van der Waals surface area (Å²) in [7, 11) is 0. The van der Waals surface area contributed by atoms with E-state index < -0.39 is 23.7 Å². The molecule has 0 unspecified atom stereocenters. The molecule has 2 aliphatic rings. The van der Waals surface area contributed by atoms with Crippen molar-refractivity contribution in [1.82, 2.24) is 10.2 Å². The van der Waals surface area contributed by atoms with Crippen LogP contribution in [0.15, 0.2) is 0 Å². The van der Waals surface area contributed by atoms with Gasteiger partial charge in [0.1, 0.15) is 11.6 Å². The SMILES string of the molecule is CC(C)(C)OC(=O)N1[C@@H]2CNC[C@@H]2C[C@H]1C(=O)O. The van der Waals surface area contributed by atoms with Gasteiger partial charge >= 0.3 is 12.1 Å². The number of fused-ring (bicyclic) bond motifs is 1. The highest BCUT2D eigenvalue weighted by molar-refractivity contribution is 5.81. The summed E-state index contributed by atoms with van der Waals surface area (Å²) < 4.78 is 5.31. The van der Waals surface area contributed by atoms with Crippen molar-refractivity contribution in [2.45, 2.75) is 44.9 Å². The molecule has 2 heterocycles. The lowest BCUT2D eigenvalue weighted by atomic mass is 10.0. The molecule has 0 bridgehead atoms. The average molecular weight is 256 g/mol. The van der Waals surface area contributed by atoms with Crippen molar-refractivity contribution in [2.24, 2.45) is 5.92 Å². The van der Waals surface area contributed by atoms with Crippen LogP contribution in [0.25, 0.3) is 0 Å². The van der Waals surface area contributed by atoms with Crippen molar-refractivity contribution in [2.75, 3.05) is 13.1 Å². The number of ether oxygens (including phenoxy) is 1. The highest BCUT2D eigenvalue weighted by Gasteiger charge is 2.50. The third-order valence-corrected chi connectivity index (χ3v) is 3.41. The van der Waals surface area contributed by atoms with Gasteiger partial charge in [0.25, 0.3) is 0 Å². The number of likely N-dealkylation sites (tertiary alicyclic amines) is 1. The van der Waals surface area contributed by atoms with E-state index in [2.05, 4.69) is 5.32 Å². The van der Waals surface area contributed by atoms with Crippen LogP contribution in [0.1, 0.15) is 27.2 Å². The molecule has 6 nitrogen and oxygen atoms in total. The summed E-state index contributed by atoms with van der Waals surface area (Å²) in [4.78, 5) is 24.8. The fourth-order valence-corrected chi connectivity index (χ4v) is 2.71. The molecule has 2 N–H and O–H groups in total. The zero-order chi connectivity index (χ0) is 13.5. The normalized spacial score (nSPS) is 31.3. The summed E-state index contributed by atoms with van der Waals surface area (Å²) in [6.45, 7) is 6.75. The number of amides is 1. The highest BCUT2D eigenvalue weighted by Crippen LogP contribution is 2.33. The summed E-state index contributed by atoms with van der Waals surface area (Å²) in [6.07, 6.45) is -0.0159. The van der Waals surface area contributed by atoms with E-state index in [1.165, 1.54) is 4.90 Å². The summed E-state index contributed by atoms with van der Waals surface area (Å²) in [5.41, 5.74) is -0.607. The lowest BCUT2D eigenvalue weighted by molar-refractivity contribution is -0.142. The van der Waals surface area contributed by atoms with Gasteiger partial charge < -0.3 is 15.2 Å². The smallest absolute Gasteiger partial charge is 0.411 e. The second-order valence-electron chi connectivity index (χ2n) is 5.96. The monoisotopic (exact) mass is 256 g/mol. The summed E-state index contributed by atoms with van der Waals surface area (Å²) in [6, 6.07) is -0.808. The Hall–Kier alpha value is -1.30. The Balaban J connectivity index is 2.16. The van der Waals surface area contributed by atoms with Crippen LogP contribution in [0.2, 0.25) is 0 Å². The van der Waals surface area contributed by atoms with E-state index in [1.54, 1.807) is 20.8 Å². The van der Waals surface area contributed by atoms with E-state index in [9.17, 15) is 14.7 Å². The first-order valence-corrected chi connectivity index (χ1v) is 6.24. The van der Waals surface area contributed by atoms with Gasteiger partial charge in [0, 0.05) is 13.1 Å². The van der Waals surface area contributed by atoms with Gasteiger partial charge in [-0.2, -0.15) is 0 Å². The minimum Gasteiger partial charge on any atom is -0.480 e. The van der Waals surface area contributed by atoms with Gasteiger partial charge in [-0.05, 0) is 33.1 Å². The van der Waals surface area contributed by atoms with Crippen LogP contribution in [-0.4, -0.2) is 52.8 Å². The highest BCUT2D eigenvalue weighted by atomic mass is 16.6. The van der Waals surface area contributed by atoms with E-state index >= 15 is 0 Å². The molecule has 18 heavy (non-hydrogen) atoms. The summed E-state index contributed by atoms with van der Waals surface area (Å²) in [5.74, 6) is -0.728. The van der Waals surface area contributed by atoms with E-state index in [4.69, 9.17) is 4.74 Å². The maximum absolute atomic E-state index is 12.1. The predicted molar refractivity (Wildman–Crippen MR) is 64.3 cm³/mol. The lowest BCUT2D eigenvalue weighted by Crippen LogP contribution is -2.48. The second kappa shape index (κ2) is 4.42. The first-order chi connectivity index (χ1) is 8.29. The van der Waals surface area contributed by atoms with Crippen molar-refractivity contribution >= 4 is 12.1 Å².